The van der Waals surface area contributed by atoms with Gasteiger partial charge in [0.15, 0.2) is 0 Å². The molecule has 1 aromatic carbocycles. The van der Waals surface area contributed by atoms with Crippen LogP contribution in [0.2, 0.25) is 0 Å². The number of hydrogen-bond acceptors (Lipinski definition) is 3. The molecule has 0 radical (unpaired) electrons. The molecule has 138 valence electrons. The smallest absolute Gasteiger partial charge is 0.227 e. The number of furan rings is 1. The highest BCUT2D eigenvalue weighted by Crippen LogP contribution is 2.31. The Bertz CT molecular complexity index is 844. The molecule has 5 heteroatoms. The van der Waals surface area contributed by atoms with Gasteiger partial charge in [0.05, 0.1) is 12.7 Å². The fourth-order valence-electron chi connectivity index (χ4n) is 4.30. The molecule has 0 spiro atoms. The van der Waals surface area contributed by atoms with Gasteiger partial charge >= 0.3 is 0 Å². The van der Waals surface area contributed by atoms with Crippen LogP contribution in [0, 0.1) is 5.92 Å². The van der Waals surface area contributed by atoms with Gasteiger partial charge in [-0.25, -0.2) is 0 Å². The highest BCUT2D eigenvalue weighted by Gasteiger charge is 2.28. The lowest BCUT2D eigenvalue weighted by molar-refractivity contribution is -0.138. The minimum Gasteiger partial charge on any atom is -0.464 e. The number of nitrogens with zero attached hydrogens (tertiary/aromatic N) is 2. The number of fused-ring (bicyclic) bond motifs is 2. The van der Waals surface area contributed by atoms with Crippen molar-refractivity contribution in [1.29, 1.82) is 0 Å². The van der Waals surface area contributed by atoms with E-state index in [0.717, 1.165) is 42.2 Å². The predicted octanol–water partition coefficient (Wildman–Crippen LogP) is 2.79. The maximum absolute atomic E-state index is 12.7. The number of carbonyl (C=O) groups excluding carboxylic acids is 2. The summed E-state index contributed by atoms with van der Waals surface area (Å²) in [7, 11) is 3.58. The topological polar surface area (TPSA) is 53.8 Å². The monoisotopic (exact) mass is 354 g/mol. The largest absolute Gasteiger partial charge is 0.464 e. The molecule has 1 fully saturated rings. The number of rotatable bonds is 3. The van der Waals surface area contributed by atoms with Crippen molar-refractivity contribution in [2.24, 2.45) is 5.92 Å². The maximum atomic E-state index is 12.7. The summed E-state index contributed by atoms with van der Waals surface area (Å²) in [5, 5.41) is 1.08. The molecule has 2 amide bonds. The summed E-state index contributed by atoms with van der Waals surface area (Å²) in [6, 6.07) is 4.36. The Kier molecular flexibility index (Phi) is 4.47. The van der Waals surface area contributed by atoms with Gasteiger partial charge in [-0.05, 0) is 55.4 Å². The van der Waals surface area contributed by atoms with Crippen molar-refractivity contribution in [2.75, 3.05) is 27.2 Å². The average molecular weight is 354 g/mol. The molecule has 1 aromatic heterocycles. The molecule has 1 saturated heterocycles. The molecular weight excluding hydrogens is 328 g/mol. The fourth-order valence-corrected chi connectivity index (χ4v) is 4.30. The highest BCUT2D eigenvalue weighted by molar-refractivity contribution is 5.89. The van der Waals surface area contributed by atoms with E-state index in [-0.39, 0.29) is 17.7 Å². The van der Waals surface area contributed by atoms with Gasteiger partial charge in [0.25, 0.3) is 0 Å². The van der Waals surface area contributed by atoms with E-state index in [9.17, 15) is 9.59 Å². The second-order valence-corrected chi connectivity index (χ2v) is 7.80. The Morgan fingerprint density at radius 3 is 2.54 bits per heavy atom. The molecule has 26 heavy (non-hydrogen) atoms. The summed E-state index contributed by atoms with van der Waals surface area (Å²) in [6.07, 6.45) is 7.07. The third-order valence-electron chi connectivity index (χ3n) is 5.85. The molecule has 2 aliphatic rings. The van der Waals surface area contributed by atoms with Gasteiger partial charge in [-0.1, -0.05) is 0 Å². The number of carbonyl (C=O) groups is 2. The number of hydrogen-bond donors (Lipinski definition) is 0. The molecule has 4 rings (SSSR count). The summed E-state index contributed by atoms with van der Waals surface area (Å²) < 4.78 is 5.72. The van der Waals surface area contributed by atoms with Crippen molar-refractivity contribution in [3.63, 3.8) is 0 Å². The van der Waals surface area contributed by atoms with E-state index in [1.807, 2.05) is 4.90 Å². The zero-order valence-electron chi connectivity index (χ0n) is 15.6. The maximum Gasteiger partial charge on any atom is 0.227 e. The van der Waals surface area contributed by atoms with Gasteiger partial charge < -0.3 is 14.2 Å². The molecule has 0 atom stereocenters. The van der Waals surface area contributed by atoms with Crippen molar-refractivity contribution in [2.45, 2.75) is 38.5 Å². The number of likely N-dealkylation sites (tertiary alicyclic amines) is 1. The van der Waals surface area contributed by atoms with Gasteiger partial charge in [-0.3, -0.25) is 9.59 Å². The SMILES string of the molecule is CN(C)C(=O)C1CCN(C(=O)Cc2coc3cc4c(cc23)CCC4)CC1. The molecule has 0 saturated carbocycles. The van der Waals surface area contributed by atoms with E-state index < -0.39 is 0 Å². The summed E-state index contributed by atoms with van der Waals surface area (Å²) in [5.74, 6) is 0.349. The van der Waals surface area contributed by atoms with Gasteiger partial charge in [-0.2, -0.15) is 0 Å². The normalized spacial score (nSPS) is 17.5. The van der Waals surface area contributed by atoms with Gasteiger partial charge in [0.1, 0.15) is 5.58 Å². The summed E-state index contributed by atoms with van der Waals surface area (Å²) >= 11 is 0. The van der Waals surface area contributed by atoms with Crippen LogP contribution in [0.5, 0.6) is 0 Å². The van der Waals surface area contributed by atoms with Gasteiger partial charge in [-0.15, -0.1) is 0 Å². The first-order valence-corrected chi connectivity index (χ1v) is 9.53. The Morgan fingerprint density at radius 2 is 1.85 bits per heavy atom. The van der Waals surface area contributed by atoms with E-state index in [1.54, 1.807) is 25.3 Å². The average Bonchev–Trinajstić information content (AvgIpc) is 3.25. The zero-order chi connectivity index (χ0) is 18.3. The van der Waals surface area contributed by atoms with Crippen LogP contribution in [-0.4, -0.2) is 48.8 Å². The third-order valence-corrected chi connectivity index (χ3v) is 5.85. The highest BCUT2D eigenvalue weighted by atomic mass is 16.3. The molecule has 0 bridgehead atoms. The summed E-state index contributed by atoms with van der Waals surface area (Å²) in [4.78, 5) is 28.4. The minimum atomic E-state index is 0.0476. The van der Waals surface area contributed by atoms with E-state index >= 15 is 0 Å². The number of piperidine rings is 1. The lowest BCUT2D eigenvalue weighted by atomic mass is 9.95. The Labute approximate surface area is 153 Å². The van der Waals surface area contributed by atoms with Crippen LogP contribution in [0.15, 0.2) is 22.8 Å². The van der Waals surface area contributed by atoms with Crippen LogP contribution in [-0.2, 0) is 28.9 Å². The number of amides is 2. The zero-order valence-corrected chi connectivity index (χ0v) is 15.6. The van der Waals surface area contributed by atoms with Crippen LogP contribution < -0.4 is 0 Å². The third kappa shape index (κ3) is 3.11. The second-order valence-electron chi connectivity index (χ2n) is 7.80. The molecular formula is C21H26N2O3. The summed E-state index contributed by atoms with van der Waals surface area (Å²) in [5.41, 5.74) is 4.66. The van der Waals surface area contributed by atoms with Crippen molar-refractivity contribution >= 4 is 22.8 Å². The van der Waals surface area contributed by atoms with Crippen molar-refractivity contribution in [3.05, 3.63) is 35.1 Å². The Balaban J connectivity index is 1.43. The lowest BCUT2D eigenvalue weighted by Gasteiger charge is -2.32. The first kappa shape index (κ1) is 17.1. The first-order chi connectivity index (χ1) is 12.5. The van der Waals surface area contributed by atoms with Crippen LogP contribution >= 0.6 is 0 Å². The molecule has 2 heterocycles. The molecule has 2 aromatic rings. The summed E-state index contributed by atoms with van der Waals surface area (Å²) in [6.45, 7) is 1.32. The molecule has 1 aliphatic heterocycles. The van der Waals surface area contributed by atoms with E-state index in [4.69, 9.17) is 4.42 Å². The van der Waals surface area contributed by atoms with Crippen molar-refractivity contribution in [1.82, 2.24) is 9.80 Å². The number of aryl methyl sites for hydroxylation is 2. The minimum absolute atomic E-state index is 0.0476. The van der Waals surface area contributed by atoms with Crippen LogP contribution in [0.4, 0.5) is 0 Å². The second kappa shape index (κ2) is 6.78. The van der Waals surface area contributed by atoms with Crippen LogP contribution in [0.25, 0.3) is 11.0 Å². The number of benzene rings is 1. The molecule has 0 N–H and O–H groups in total. The van der Waals surface area contributed by atoms with Crippen molar-refractivity contribution in [3.8, 4) is 0 Å². The van der Waals surface area contributed by atoms with Crippen molar-refractivity contribution < 1.29 is 14.0 Å². The van der Waals surface area contributed by atoms with E-state index in [2.05, 4.69) is 12.1 Å². The lowest BCUT2D eigenvalue weighted by Crippen LogP contribution is -2.43. The molecule has 1 aliphatic carbocycles. The first-order valence-electron chi connectivity index (χ1n) is 9.53. The molecule has 0 unspecified atom stereocenters. The standard InChI is InChI=1S/C21H26N2O3/c1-22(2)21(25)14-6-8-23(9-7-14)20(24)12-17-13-26-19-11-16-5-3-4-15(16)10-18(17)19/h10-11,13-14H,3-9,12H2,1-2H3. The van der Waals surface area contributed by atoms with Crippen LogP contribution in [0.3, 0.4) is 0 Å². The van der Waals surface area contributed by atoms with E-state index in [0.29, 0.717) is 19.5 Å². The Morgan fingerprint density at radius 1 is 1.15 bits per heavy atom. The predicted molar refractivity (Wildman–Crippen MR) is 99.9 cm³/mol. The quantitative estimate of drug-likeness (QED) is 0.852. The fraction of sp³-hybridized carbons (Fsp3) is 0.524. The van der Waals surface area contributed by atoms with Gasteiger partial charge in [0.2, 0.25) is 11.8 Å². The van der Waals surface area contributed by atoms with Crippen LogP contribution in [0.1, 0.15) is 36.0 Å². The molecule has 5 nitrogen and oxygen atoms in total. The van der Waals surface area contributed by atoms with Gasteiger partial charge in [0, 0.05) is 44.1 Å². The van der Waals surface area contributed by atoms with E-state index in [1.165, 1.54) is 17.5 Å². The Hall–Kier alpha value is -2.30.